The van der Waals surface area contributed by atoms with Gasteiger partial charge in [0.05, 0.1) is 4.92 Å². The van der Waals surface area contributed by atoms with Crippen LogP contribution in [0.15, 0.2) is 90.5 Å². The van der Waals surface area contributed by atoms with E-state index in [2.05, 4.69) is 28.8 Å². The van der Waals surface area contributed by atoms with Gasteiger partial charge >= 0.3 is 0 Å². The van der Waals surface area contributed by atoms with Crippen LogP contribution in [0.3, 0.4) is 0 Å². The topological polar surface area (TPSA) is 88.9 Å². The second kappa shape index (κ2) is 9.39. The van der Waals surface area contributed by atoms with E-state index in [1.165, 1.54) is 24.3 Å². The lowest BCUT2D eigenvalue weighted by atomic mass is 10.0. The standard InChI is InChI=1S/C28H21N3O3/c1-19-15-24(16-25(18-29)28(32)23-9-6-10-27(17-23)31(33)34)20(2)30(19)26-13-11-22(12-14-26)21-7-4-3-5-8-21/h3-17H,1-2H3/b25-16+. The van der Waals surface area contributed by atoms with Gasteiger partial charge in [-0.15, -0.1) is 0 Å². The van der Waals surface area contributed by atoms with Crippen molar-refractivity contribution in [3.63, 3.8) is 0 Å². The van der Waals surface area contributed by atoms with Crippen LogP contribution in [-0.4, -0.2) is 15.3 Å². The smallest absolute Gasteiger partial charge is 0.270 e. The minimum Gasteiger partial charge on any atom is -0.318 e. The lowest BCUT2D eigenvalue weighted by Gasteiger charge is -2.11. The molecule has 0 N–H and O–H groups in total. The van der Waals surface area contributed by atoms with Crippen LogP contribution < -0.4 is 0 Å². The summed E-state index contributed by atoms with van der Waals surface area (Å²) < 4.78 is 2.06. The SMILES string of the molecule is Cc1cc(/C=C(\C#N)C(=O)c2cccc([N+](=O)[O-])c2)c(C)n1-c1ccc(-c2ccccc2)cc1. The molecule has 34 heavy (non-hydrogen) atoms. The van der Waals surface area contributed by atoms with Crippen molar-refractivity contribution in [2.75, 3.05) is 0 Å². The number of nitriles is 1. The Kier molecular flexibility index (Phi) is 6.20. The Labute approximate surface area is 197 Å². The summed E-state index contributed by atoms with van der Waals surface area (Å²) in [5.74, 6) is -0.553. The fraction of sp³-hybridized carbons (Fsp3) is 0.0714. The number of nitrogens with zero attached hydrogens (tertiary/aromatic N) is 3. The van der Waals surface area contributed by atoms with E-state index in [-0.39, 0.29) is 16.8 Å². The first kappa shape index (κ1) is 22.4. The second-order valence-corrected chi connectivity index (χ2v) is 7.88. The van der Waals surface area contributed by atoms with Gasteiger partial charge in [-0.05, 0) is 54.8 Å². The number of allylic oxidation sites excluding steroid dienone is 1. The summed E-state index contributed by atoms with van der Waals surface area (Å²) >= 11 is 0. The molecule has 0 saturated carbocycles. The van der Waals surface area contributed by atoms with Crippen molar-refractivity contribution in [1.82, 2.24) is 4.57 Å². The maximum Gasteiger partial charge on any atom is 0.270 e. The number of aromatic nitrogens is 1. The highest BCUT2D eigenvalue weighted by Gasteiger charge is 2.17. The summed E-state index contributed by atoms with van der Waals surface area (Å²) in [4.78, 5) is 23.4. The first-order valence-corrected chi connectivity index (χ1v) is 10.6. The van der Waals surface area contributed by atoms with E-state index in [4.69, 9.17) is 0 Å². The molecule has 166 valence electrons. The van der Waals surface area contributed by atoms with Crippen molar-refractivity contribution in [1.29, 1.82) is 5.26 Å². The van der Waals surface area contributed by atoms with Crippen LogP contribution in [-0.2, 0) is 0 Å². The zero-order valence-corrected chi connectivity index (χ0v) is 18.7. The van der Waals surface area contributed by atoms with Gasteiger partial charge in [0.15, 0.2) is 0 Å². The van der Waals surface area contributed by atoms with Crippen molar-refractivity contribution in [3.05, 3.63) is 123 Å². The van der Waals surface area contributed by atoms with Gasteiger partial charge in [0.1, 0.15) is 11.6 Å². The molecule has 0 aliphatic heterocycles. The highest BCUT2D eigenvalue weighted by Crippen LogP contribution is 2.26. The Morgan fingerprint density at radius 3 is 2.26 bits per heavy atom. The molecule has 0 unspecified atom stereocenters. The number of rotatable bonds is 6. The van der Waals surface area contributed by atoms with E-state index in [1.807, 2.05) is 56.3 Å². The average Bonchev–Trinajstić information content (AvgIpc) is 3.15. The number of benzene rings is 3. The minimum atomic E-state index is -0.566. The van der Waals surface area contributed by atoms with Gasteiger partial charge in [0, 0.05) is 34.8 Å². The summed E-state index contributed by atoms with van der Waals surface area (Å²) in [6.07, 6.45) is 1.54. The first-order chi connectivity index (χ1) is 16.4. The summed E-state index contributed by atoms with van der Waals surface area (Å²) in [6, 6.07) is 27.6. The highest BCUT2D eigenvalue weighted by molar-refractivity contribution is 6.14. The molecule has 0 fully saturated rings. The second-order valence-electron chi connectivity index (χ2n) is 7.88. The van der Waals surface area contributed by atoms with E-state index < -0.39 is 10.7 Å². The van der Waals surface area contributed by atoms with Crippen LogP contribution >= 0.6 is 0 Å². The summed E-state index contributed by atoms with van der Waals surface area (Å²) in [7, 11) is 0. The third kappa shape index (κ3) is 4.41. The average molecular weight is 447 g/mol. The minimum absolute atomic E-state index is 0.0832. The molecule has 0 radical (unpaired) electrons. The zero-order chi connectivity index (χ0) is 24.2. The van der Waals surface area contributed by atoms with Crippen LogP contribution in [0.1, 0.15) is 27.3 Å². The number of hydrogen-bond acceptors (Lipinski definition) is 4. The Balaban J connectivity index is 1.67. The van der Waals surface area contributed by atoms with Crippen LogP contribution in [0, 0.1) is 35.3 Å². The van der Waals surface area contributed by atoms with Crippen LogP contribution in [0.4, 0.5) is 5.69 Å². The normalized spacial score (nSPS) is 11.1. The molecule has 0 amide bonds. The van der Waals surface area contributed by atoms with E-state index >= 15 is 0 Å². The lowest BCUT2D eigenvalue weighted by Crippen LogP contribution is -2.03. The van der Waals surface area contributed by atoms with Gasteiger partial charge in [-0.2, -0.15) is 5.26 Å². The third-order valence-corrected chi connectivity index (χ3v) is 5.69. The van der Waals surface area contributed by atoms with Crippen molar-refractivity contribution >= 4 is 17.5 Å². The van der Waals surface area contributed by atoms with Crippen molar-refractivity contribution in [3.8, 4) is 22.9 Å². The van der Waals surface area contributed by atoms with Gasteiger partial charge in [-0.1, -0.05) is 54.6 Å². The maximum atomic E-state index is 12.9. The summed E-state index contributed by atoms with van der Waals surface area (Å²) in [5, 5.41) is 20.7. The van der Waals surface area contributed by atoms with E-state index in [9.17, 15) is 20.2 Å². The van der Waals surface area contributed by atoms with E-state index in [0.717, 1.165) is 33.8 Å². The maximum absolute atomic E-state index is 12.9. The Bertz CT molecular complexity index is 1460. The molecule has 3 aromatic carbocycles. The Morgan fingerprint density at radius 1 is 0.941 bits per heavy atom. The van der Waals surface area contributed by atoms with Crippen molar-refractivity contribution < 1.29 is 9.72 Å². The molecular weight excluding hydrogens is 426 g/mol. The van der Waals surface area contributed by atoms with E-state index in [1.54, 1.807) is 6.08 Å². The molecule has 4 aromatic rings. The number of aryl methyl sites for hydroxylation is 1. The fourth-order valence-corrected chi connectivity index (χ4v) is 3.98. The molecule has 0 aliphatic rings. The van der Waals surface area contributed by atoms with Crippen molar-refractivity contribution in [2.24, 2.45) is 0 Å². The Morgan fingerprint density at radius 2 is 1.62 bits per heavy atom. The summed E-state index contributed by atoms with van der Waals surface area (Å²) in [6.45, 7) is 3.89. The number of ketones is 1. The van der Waals surface area contributed by atoms with Gasteiger partial charge in [-0.25, -0.2) is 0 Å². The molecule has 0 saturated heterocycles. The molecule has 0 spiro atoms. The highest BCUT2D eigenvalue weighted by atomic mass is 16.6. The van der Waals surface area contributed by atoms with Gasteiger partial charge in [0.2, 0.25) is 5.78 Å². The molecule has 0 aliphatic carbocycles. The Hall–Kier alpha value is -4.76. The van der Waals surface area contributed by atoms with Gasteiger partial charge in [0.25, 0.3) is 5.69 Å². The largest absolute Gasteiger partial charge is 0.318 e. The molecule has 0 bridgehead atoms. The zero-order valence-electron chi connectivity index (χ0n) is 18.7. The number of Topliss-reactive ketones (excluding diaryl/α,β-unsaturated/α-hetero) is 1. The molecule has 6 nitrogen and oxygen atoms in total. The van der Waals surface area contributed by atoms with Crippen molar-refractivity contribution in [2.45, 2.75) is 13.8 Å². The first-order valence-electron chi connectivity index (χ1n) is 10.6. The predicted octanol–water partition coefficient (Wildman–Crippen LogP) is 6.46. The monoisotopic (exact) mass is 447 g/mol. The molecule has 4 rings (SSSR count). The fourth-order valence-electron chi connectivity index (χ4n) is 3.98. The van der Waals surface area contributed by atoms with Crippen LogP contribution in [0.25, 0.3) is 22.9 Å². The van der Waals surface area contributed by atoms with Crippen LogP contribution in [0.2, 0.25) is 0 Å². The molecule has 1 heterocycles. The molecule has 1 aromatic heterocycles. The molecule has 6 heteroatoms. The molecular formula is C28H21N3O3. The van der Waals surface area contributed by atoms with Crippen LogP contribution in [0.5, 0.6) is 0 Å². The summed E-state index contributed by atoms with van der Waals surface area (Å²) in [5.41, 5.74) is 5.62. The predicted molar refractivity (Wildman–Crippen MR) is 132 cm³/mol. The van der Waals surface area contributed by atoms with Gasteiger partial charge < -0.3 is 4.57 Å². The quantitative estimate of drug-likeness (QED) is 0.112. The third-order valence-electron chi connectivity index (χ3n) is 5.69. The van der Waals surface area contributed by atoms with Gasteiger partial charge in [-0.3, -0.25) is 14.9 Å². The number of hydrogen-bond donors (Lipinski definition) is 0. The number of carbonyl (C=O) groups is 1. The number of non-ortho nitro benzene ring substituents is 1. The lowest BCUT2D eigenvalue weighted by molar-refractivity contribution is -0.384. The number of carbonyl (C=O) groups excluding carboxylic acids is 1. The molecule has 0 atom stereocenters. The number of nitro groups is 1. The number of nitro benzene ring substituents is 1. The van der Waals surface area contributed by atoms with E-state index in [0.29, 0.717) is 0 Å².